The Kier molecular flexibility index (Phi) is 6.60. The van der Waals surface area contributed by atoms with Crippen molar-refractivity contribution in [3.05, 3.63) is 46.5 Å². The van der Waals surface area contributed by atoms with Crippen molar-refractivity contribution < 1.29 is 27.1 Å². The van der Waals surface area contributed by atoms with Gasteiger partial charge in [0, 0.05) is 17.5 Å². The Morgan fingerprint density at radius 3 is 2.65 bits per heavy atom. The predicted molar refractivity (Wildman–Crippen MR) is 108 cm³/mol. The monoisotopic (exact) mass is 475 g/mol. The number of anilines is 2. The number of carbonyl (C=O) groups excluding carboxylic acids is 1. The Morgan fingerprint density at radius 2 is 1.97 bits per heavy atom. The number of methoxy groups -OCH3 is 1. The number of rotatable bonds is 6. The van der Waals surface area contributed by atoms with E-state index in [1.165, 1.54) is 31.5 Å². The number of amides is 1. The van der Waals surface area contributed by atoms with Crippen LogP contribution in [0.3, 0.4) is 0 Å². The summed E-state index contributed by atoms with van der Waals surface area (Å²) < 4.78 is 57.0. The third-order valence-electron chi connectivity index (χ3n) is 3.92. The van der Waals surface area contributed by atoms with Crippen molar-refractivity contribution in [3.63, 3.8) is 0 Å². The van der Waals surface area contributed by atoms with Crippen LogP contribution in [0, 0.1) is 12.7 Å². The molecule has 0 aliphatic carbocycles. The molecule has 164 valence electrons. The summed E-state index contributed by atoms with van der Waals surface area (Å²) in [5, 5.41) is 11.3. The molecule has 0 aliphatic heterocycles. The lowest BCUT2D eigenvalue weighted by Gasteiger charge is -2.14. The molecule has 0 fully saturated rings. The third kappa shape index (κ3) is 5.39. The minimum atomic E-state index is -4.43. The summed E-state index contributed by atoms with van der Waals surface area (Å²) in [6, 6.07) is 4.27. The number of alkyl halides is 3. The molecule has 2 heterocycles. The van der Waals surface area contributed by atoms with E-state index in [9.17, 15) is 22.4 Å². The van der Waals surface area contributed by atoms with E-state index in [-0.39, 0.29) is 37.7 Å². The van der Waals surface area contributed by atoms with E-state index in [1.54, 1.807) is 6.92 Å². The summed E-state index contributed by atoms with van der Waals surface area (Å²) in [6.45, 7) is 0.360. The molecule has 31 heavy (non-hydrogen) atoms. The number of aromatic nitrogens is 3. The molecule has 2 N–H and O–H groups in total. The number of ether oxygens (including phenoxy) is 1. The van der Waals surface area contributed by atoms with Gasteiger partial charge in [0.15, 0.2) is 5.82 Å². The average Bonchev–Trinajstić information content (AvgIpc) is 3.15. The maximum absolute atomic E-state index is 14.8. The van der Waals surface area contributed by atoms with E-state index in [0.29, 0.717) is 17.0 Å². The van der Waals surface area contributed by atoms with Gasteiger partial charge in [-0.1, -0.05) is 22.9 Å². The van der Waals surface area contributed by atoms with E-state index in [4.69, 9.17) is 16.3 Å². The fourth-order valence-corrected chi connectivity index (χ4v) is 3.38. The Hall–Kier alpha value is -2.99. The zero-order chi connectivity index (χ0) is 22.8. The van der Waals surface area contributed by atoms with Gasteiger partial charge >= 0.3 is 6.18 Å². The molecule has 1 aromatic carbocycles. The number of nitrogens with one attached hydrogen (secondary N) is 2. The van der Waals surface area contributed by atoms with Crippen LogP contribution < -0.4 is 15.4 Å². The fourth-order valence-electron chi connectivity index (χ4n) is 2.59. The van der Waals surface area contributed by atoms with Crippen LogP contribution in [0.1, 0.15) is 16.1 Å². The van der Waals surface area contributed by atoms with Crippen molar-refractivity contribution in [2.45, 2.75) is 13.1 Å². The smallest absolute Gasteiger partial charge is 0.405 e. The predicted octanol–water partition coefficient (Wildman–Crippen LogP) is 4.94. The SMILES string of the molecule is COc1ccc(Cl)c(F)c1-c1cc(C)ncc1C(=O)Nc1nnc(NCC(F)(F)F)s1. The van der Waals surface area contributed by atoms with Crippen molar-refractivity contribution in [2.24, 2.45) is 0 Å². The van der Waals surface area contributed by atoms with Crippen LogP contribution in [0.25, 0.3) is 11.1 Å². The first-order valence-electron chi connectivity index (χ1n) is 8.53. The molecule has 13 heteroatoms. The van der Waals surface area contributed by atoms with Gasteiger partial charge in [-0.15, -0.1) is 10.2 Å². The first kappa shape index (κ1) is 22.7. The van der Waals surface area contributed by atoms with Crippen LogP contribution in [0.15, 0.2) is 24.4 Å². The Balaban J connectivity index is 1.93. The third-order valence-corrected chi connectivity index (χ3v) is 5.00. The maximum Gasteiger partial charge on any atom is 0.405 e. The second-order valence-electron chi connectivity index (χ2n) is 6.15. The van der Waals surface area contributed by atoms with E-state index in [0.717, 1.165) is 0 Å². The molecule has 0 spiro atoms. The second-order valence-corrected chi connectivity index (χ2v) is 7.53. The van der Waals surface area contributed by atoms with Crippen LogP contribution in [-0.4, -0.2) is 40.9 Å². The molecule has 0 unspecified atom stereocenters. The standard InChI is InChI=1S/C18H14ClF4N5O2S/c1-8-5-9(13-12(30-2)4-3-11(19)14(13)20)10(6-24-8)15(29)26-17-28-27-16(31-17)25-7-18(21,22)23/h3-6H,7H2,1-2H3,(H,25,27)(H,26,28,29). The fraction of sp³-hybridized carbons (Fsp3) is 0.222. The highest BCUT2D eigenvalue weighted by Gasteiger charge is 2.27. The first-order chi connectivity index (χ1) is 14.6. The van der Waals surface area contributed by atoms with Crippen molar-refractivity contribution >= 4 is 39.1 Å². The first-order valence-corrected chi connectivity index (χ1v) is 9.73. The highest BCUT2D eigenvalue weighted by Crippen LogP contribution is 2.38. The van der Waals surface area contributed by atoms with Gasteiger partial charge in [0.05, 0.1) is 23.3 Å². The molecular weight excluding hydrogens is 462 g/mol. The van der Waals surface area contributed by atoms with Crippen LogP contribution >= 0.6 is 22.9 Å². The summed E-state index contributed by atoms with van der Waals surface area (Å²) in [5.74, 6) is -1.35. The number of hydrogen-bond donors (Lipinski definition) is 2. The lowest BCUT2D eigenvalue weighted by atomic mass is 9.98. The highest BCUT2D eigenvalue weighted by atomic mass is 35.5. The molecule has 7 nitrogen and oxygen atoms in total. The van der Waals surface area contributed by atoms with Gasteiger partial charge in [-0.05, 0) is 25.1 Å². The maximum atomic E-state index is 14.8. The Morgan fingerprint density at radius 1 is 1.26 bits per heavy atom. The number of halogens is 5. The van der Waals surface area contributed by atoms with E-state index in [1.807, 2.05) is 0 Å². The Labute approximate surface area is 182 Å². The topological polar surface area (TPSA) is 89.0 Å². The van der Waals surface area contributed by atoms with Gasteiger partial charge < -0.3 is 10.1 Å². The number of nitrogens with zero attached hydrogens (tertiary/aromatic N) is 3. The number of benzene rings is 1. The zero-order valence-corrected chi connectivity index (χ0v) is 17.5. The molecule has 1 amide bonds. The van der Waals surface area contributed by atoms with E-state index >= 15 is 0 Å². The summed E-state index contributed by atoms with van der Waals surface area (Å²) >= 11 is 6.62. The lowest BCUT2D eigenvalue weighted by molar-refractivity contribution is -0.115. The van der Waals surface area contributed by atoms with Crippen LogP contribution in [0.2, 0.25) is 5.02 Å². The molecule has 2 aromatic heterocycles. The summed E-state index contributed by atoms with van der Waals surface area (Å²) in [5.41, 5.74) is 0.616. The van der Waals surface area contributed by atoms with E-state index < -0.39 is 24.4 Å². The number of pyridine rings is 1. The normalized spacial score (nSPS) is 11.3. The van der Waals surface area contributed by atoms with Crippen molar-refractivity contribution in [1.82, 2.24) is 15.2 Å². The van der Waals surface area contributed by atoms with Crippen molar-refractivity contribution in [1.29, 1.82) is 0 Å². The highest BCUT2D eigenvalue weighted by molar-refractivity contribution is 7.19. The van der Waals surface area contributed by atoms with Crippen molar-refractivity contribution in [2.75, 3.05) is 24.3 Å². The molecule has 0 bridgehead atoms. The van der Waals surface area contributed by atoms with Gasteiger partial charge in [0.1, 0.15) is 12.3 Å². The number of carbonyl (C=O) groups is 1. The van der Waals surface area contributed by atoms with Gasteiger partial charge in [-0.2, -0.15) is 13.2 Å². The quantitative estimate of drug-likeness (QED) is 0.491. The summed E-state index contributed by atoms with van der Waals surface area (Å²) in [7, 11) is 1.34. The molecule has 0 saturated carbocycles. The molecule has 3 rings (SSSR count). The summed E-state index contributed by atoms with van der Waals surface area (Å²) in [4.78, 5) is 16.9. The van der Waals surface area contributed by atoms with Gasteiger partial charge in [0.2, 0.25) is 10.3 Å². The van der Waals surface area contributed by atoms with Gasteiger partial charge in [-0.25, -0.2) is 4.39 Å². The van der Waals surface area contributed by atoms with Crippen LogP contribution in [0.4, 0.5) is 27.8 Å². The largest absolute Gasteiger partial charge is 0.496 e. The molecule has 0 radical (unpaired) electrons. The van der Waals surface area contributed by atoms with Crippen molar-refractivity contribution in [3.8, 4) is 16.9 Å². The molecular formula is C18H14ClF4N5O2S. The minimum absolute atomic E-state index is 0.0231. The Bertz CT molecular complexity index is 1120. The van der Waals surface area contributed by atoms with E-state index in [2.05, 4.69) is 25.8 Å². The van der Waals surface area contributed by atoms with Crippen LogP contribution in [-0.2, 0) is 0 Å². The van der Waals surface area contributed by atoms with Crippen LogP contribution in [0.5, 0.6) is 5.75 Å². The molecule has 0 aliphatic rings. The van der Waals surface area contributed by atoms with Gasteiger partial charge in [-0.3, -0.25) is 15.1 Å². The zero-order valence-electron chi connectivity index (χ0n) is 16.0. The number of hydrogen-bond acceptors (Lipinski definition) is 7. The molecule has 0 atom stereocenters. The lowest BCUT2D eigenvalue weighted by Crippen LogP contribution is -2.21. The van der Waals surface area contributed by atoms with Gasteiger partial charge in [0.25, 0.3) is 5.91 Å². The summed E-state index contributed by atoms with van der Waals surface area (Å²) in [6.07, 6.45) is -3.19. The number of aryl methyl sites for hydroxylation is 1. The second kappa shape index (κ2) is 9.02. The minimum Gasteiger partial charge on any atom is -0.496 e. The average molecular weight is 476 g/mol. The molecule has 3 aromatic rings. The molecule has 0 saturated heterocycles.